The van der Waals surface area contributed by atoms with Gasteiger partial charge in [-0.15, -0.1) is 11.3 Å². The summed E-state index contributed by atoms with van der Waals surface area (Å²) in [6.45, 7) is 0. The summed E-state index contributed by atoms with van der Waals surface area (Å²) in [6, 6.07) is 34.0. The Morgan fingerprint density at radius 1 is 0.391 bits per heavy atom. The van der Waals surface area contributed by atoms with Crippen LogP contribution in [0.4, 0.5) is 0 Å². The molecule has 220 valence electrons. The molecule has 1 aromatic heterocycles. The van der Waals surface area contributed by atoms with Crippen LogP contribution in [0.5, 0.6) is 34.5 Å². The van der Waals surface area contributed by atoms with Gasteiger partial charge in [0.25, 0.3) is 0 Å². The lowest BCUT2D eigenvalue weighted by Gasteiger charge is -2.20. The van der Waals surface area contributed by atoms with Crippen molar-refractivity contribution in [2.24, 2.45) is 0 Å². The monoisotopic (exact) mass is 618 g/mol. The summed E-state index contributed by atoms with van der Waals surface area (Å²) in [5.74, 6) is -3.90. The van der Waals surface area contributed by atoms with Crippen LogP contribution in [0.3, 0.4) is 0 Å². The van der Waals surface area contributed by atoms with Crippen molar-refractivity contribution in [1.29, 1.82) is 0 Å². The molecule has 46 heavy (non-hydrogen) atoms. The van der Waals surface area contributed by atoms with Gasteiger partial charge in [0.15, 0.2) is 23.0 Å². The number of thiophene rings is 1. The Labute approximate surface area is 267 Å². The fourth-order valence-electron chi connectivity index (χ4n) is 6.59. The van der Waals surface area contributed by atoms with Crippen molar-refractivity contribution in [3.8, 4) is 67.9 Å². The lowest BCUT2D eigenvalue weighted by atomic mass is 9.84. The summed E-state index contributed by atoms with van der Waals surface area (Å²) in [6.07, 6.45) is 0. The number of rotatable bonds is 3. The van der Waals surface area contributed by atoms with E-state index >= 15 is 0 Å². The molecule has 0 saturated carbocycles. The molecule has 6 N–H and O–H groups in total. The molecule has 0 aliphatic carbocycles. The van der Waals surface area contributed by atoms with E-state index in [0.29, 0.717) is 5.56 Å². The number of hydrogen-bond acceptors (Lipinski definition) is 7. The van der Waals surface area contributed by atoms with Crippen LogP contribution in [-0.4, -0.2) is 38.5 Å². The molecule has 0 spiro atoms. The summed E-state index contributed by atoms with van der Waals surface area (Å²) in [7, 11) is 5.89. The van der Waals surface area contributed by atoms with E-state index in [4.69, 9.17) is 7.85 Å². The van der Waals surface area contributed by atoms with Gasteiger partial charge in [0.1, 0.15) is 13.6 Å². The van der Waals surface area contributed by atoms with Crippen molar-refractivity contribution in [1.82, 2.24) is 0 Å². The highest BCUT2D eigenvalue weighted by molar-refractivity contribution is 7.27. The van der Waals surface area contributed by atoms with Crippen molar-refractivity contribution in [2.45, 2.75) is 0 Å². The number of fused-ring (bicyclic) bond motifs is 5. The van der Waals surface area contributed by atoms with E-state index in [9.17, 15) is 30.6 Å². The highest BCUT2D eigenvalue weighted by atomic mass is 32.1. The van der Waals surface area contributed by atoms with Crippen molar-refractivity contribution >= 4 is 66.4 Å². The summed E-state index contributed by atoms with van der Waals surface area (Å²) >= 11 is 0.944. The normalized spacial score (nSPS) is 11.7. The molecule has 0 aliphatic heterocycles. The topological polar surface area (TPSA) is 121 Å². The number of hydrogen-bond donors (Lipinski definition) is 6. The predicted molar refractivity (Wildman–Crippen MR) is 186 cm³/mol. The SMILES string of the molecule is [B]c1c(O)c(O)c2sc3c(-c4c5ccccc5c(-c5cccc(-c6ccccc6)c5)c5ccccc45)c(O)c(O)c(O)c3c2c1O. The van der Waals surface area contributed by atoms with Crippen LogP contribution in [-0.2, 0) is 0 Å². The first-order valence-corrected chi connectivity index (χ1v) is 15.2. The quantitative estimate of drug-likeness (QED) is 0.0512. The Balaban J connectivity index is 1.54. The summed E-state index contributed by atoms with van der Waals surface area (Å²) < 4.78 is 0.302. The van der Waals surface area contributed by atoms with Crippen LogP contribution in [0.25, 0.3) is 75.1 Å². The van der Waals surface area contributed by atoms with Crippen molar-refractivity contribution in [3.05, 3.63) is 103 Å². The zero-order valence-electron chi connectivity index (χ0n) is 24.0. The average molecular weight is 618 g/mol. The van der Waals surface area contributed by atoms with Crippen molar-refractivity contribution < 1.29 is 30.6 Å². The molecule has 0 aliphatic rings. The molecule has 0 atom stereocenters. The minimum atomic E-state index is -0.791. The highest BCUT2D eigenvalue weighted by Gasteiger charge is 2.30. The van der Waals surface area contributed by atoms with Gasteiger partial charge in [0.05, 0.1) is 14.8 Å². The van der Waals surface area contributed by atoms with E-state index in [1.54, 1.807) is 0 Å². The van der Waals surface area contributed by atoms with Crippen LogP contribution in [0.1, 0.15) is 0 Å². The molecule has 0 saturated heterocycles. The van der Waals surface area contributed by atoms with Crippen molar-refractivity contribution in [2.75, 3.05) is 0 Å². The van der Waals surface area contributed by atoms with E-state index in [1.807, 2.05) is 72.8 Å². The minimum Gasteiger partial charge on any atom is -0.508 e. The summed E-state index contributed by atoms with van der Waals surface area (Å²) in [4.78, 5) is 0. The molecule has 6 nitrogen and oxygen atoms in total. The molecule has 0 unspecified atom stereocenters. The third-order valence-electron chi connectivity index (χ3n) is 8.68. The second-order valence-electron chi connectivity index (χ2n) is 11.2. The van der Waals surface area contributed by atoms with Crippen LogP contribution in [0.2, 0.25) is 0 Å². The third-order valence-corrected chi connectivity index (χ3v) is 9.90. The highest BCUT2D eigenvalue weighted by Crippen LogP contribution is 2.59. The Morgan fingerprint density at radius 2 is 0.913 bits per heavy atom. The molecule has 0 amide bonds. The molecule has 0 bridgehead atoms. The van der Waals surface area contributed by atoms with E-state index in [0.717, 1.165) is 55.1 Å². The molecular weight excluding hydrogens is 595 g/mol. The third kappa shape index (κ3) is 3.77. The van der Waals surface area contributed by atoms with Gasteiger partial charge in [-0.3, -0.25) is 0 Å². The van der Waals surface area contributed by atoms with Crippen LogP contribution in [0, 0.1) is 0 Å². The number of phenols is 6. The first-order chi connectivity index (χ1) is 22.3. The smallest absolute Gasteiger partial charge is 0.201 e. The van der Waals surface area contributed by atoms with Gasteiger partial charge in [-0.25, -0.2) is 0 Å². The van der Waals surface area contributed by atoms with Gasteiger partial charge in [-0.2, -0.15) is 0 Å². The van der Waals surface area contributed by atoms with E-state index < -0.39 is 40.0 Å². The predicted octanol–water partition coefficient (Wildman–Crippen LogP) is 8.39. The second kappa shape index (κ2) is 10.1. The second-order valence-corrected chi connectivity index (χ2v) is 12.2. The van der Waals surface area contributed by atoms with Crippen LogP contribution in [0.15, 0.2) is 103 Å². The number of benzene rings is 7. The van der Waals surface area contributed by atoms with Gasteiger partial charge in [-0.1, -0.05) is 97.1 Å². The standard InChI is InChI=1S/C38H23BO6S/c39-30-31(40)28-29-33(42)35(44)32(41)27(37(29)46-38(28)36(45)34(30)43)26-23-15-6-4-13-21(23)25(22-14-5-7-16-24(22)26)20-12-8-11-19(17-20)18-9-2-1-3-10-18/h1-17,40-45H. The molecule has 2 radical (unpaired) electrons. The zero-order chi connectivity index (χ0) is 31.9. The maximum atomic E-state index is 11.6. The van der Waals surface area contributed by atoms with Gasteiger partial charge in [0, 0.05) is 16.5 Å². The lowest BCUT2D eigenvalue weighted by molar-refractivity contribution is 0.372. The molecule has 8 rings (SSSR count). The molecule has 0 fully saturated rings. The van der Waals surface area contributed by atoms with Gasteiger partial charge < -0.3 is 30.6 Å². The lowest BCUT2D eigenvalue weighted by Crippen LogP contribution is -2.03. The largest absolute Gasteiger partial charge is 0.508 e. The fourth-order valence-corrected chi connectivity index (χ4v) is 7.89. The number of phenolic OH excluding ortho intramolecular Hbond substituents is 6. The first kappa shape index (κ1) is 27.7. The Morgan fingerprint density at radius 3 is 1.54 bits per heavy atom. The average Bonchev–Trinajstić information content (AvgIpc) is 3.50. The molecule has 7 aromatic carbocycles. The van der Waals surface area contributed by atoms with Gasteiger partial charge in [0.2, 0.25) is 5.75 Å². The van der Waals surface area contributed by atoms with Crippen LogP contribution >= 0.6 is 11.3 Å². The summed E-state index contributed by atoms with van der Waals surface area (Å²) in [5, 5.41) is 69.2. The summed E-state index contributed by atoms with van der Waals surface area (Å²) in [5.41, 5.74) is 4.42. The van der Waals surface area contributed by atoms with E-state index in [1.165, 1.54) is 0 Å². The van der Waals surface area contributed by atoms with Crippen molar-refractivity contribution in [3.63, 3.8) is 0 Å². The molecule has 1 heterocycles. The Kier molecular flexibility index (Phi) is 6.07. The Bertz CT molecular complexity index is 2500. The first-order valence-electron chi connectivity index (χ1n) is 14.4. The maximum Gasteiger partial charge on any atom is 0.201 e. The van der Waals surface area contributed by atoms with E-state index in [2.05, 4.69) is 30.3 Å². The molecular formula is C38H23BO6S. The minimum absolute atomic E-state index is 0.0161. The van der Waals surface area contributed by atoms with Crippen LogP contribution < -0.4 is 5.46 Å². The Hall–Kier alpha value is -5.86. The maximum absolute atomic E-state index is 11.6. The van der Waals surface area contributed by atoms with Gasteiger partial charge in [-0.05, 0) is 55.3 Å². The molecule has 8 heteroatoms. The van der Waals surface area contributed by atoms with Gasteiger partial charge >= 0.3 is 0 Å². The molecule has 8 aromatic rings. The zero-order valence-corrected chi connectivity index (χ0v) is 24.8. The number of aromatic hydroxyl groups is 6. The fraction of sp³-hybridized carbons (Fsp3) is 0. The van der Waals surface area contributed by atoms with E-state index in [-0.39, 0.29) is 25.7 Å².